The Balaban J connectivity index is 1.60. The van der Waals surface area contributed by atoms with Crippen molar-refractivity contribution in [2.45, 2.75) is 71.1 Å². The number of ether oxygens (including phenoxy) is 1. The minimum Gasteiger partial charge on any atom is -0.393 e. The maximum Gasteiger partial charge on any atom is 0.320 e. The van der Waals surface area contributed by atoms with Gasteiger partial charge in [0.15, 0.2) is 5.78 Å². The van der Waals surface area contributed by atoms with E-state index in [1.54, 1.807) is 43.3 Å². The van der Waals surface area contributed by atoms with Gasteiger partial charge in [-0.25, -0.2) is 0 Å². The summed E-state index contributed by atoms with van der Waals surface area (Å²) in [5.41, 5.74) is 1.70. The van der Waals surface area contributed by atoms with Crippen molar-refractivity contribution in [2.75, 3.05) is 0 Å². The van der Waals surface area contributed by atoms with E-state index in [1.165, 1.54) is 0 Å². The smallest absolute Gasteiger partial charge is 0.320 e. The Morgan fingerprint density at radius 1 is 0.643 bits per heavy atom. The quantitative estimate of drug-likeness (QED) is 0.0783. The largest absolute Gasteiger partial charge is 0.393 e. The second-order valence-corrected chi connectivity index (χ2v) is 9.79. The number of rotatable bonds is 18. The number of ketones is 1. The van der Waals surface area contributed by atoms with E-state index < -0.39 is 17.9 Å². The minimum absolute atomic E-state index is 0.120. The Bertz CT molecular complexity index is 1280. The van der Waals surface area contributed by atoms with Gasteiger partial charge in [-0.2, -0.15) is 0 Å². The molecule has 0 bridgehead atoms. The van der Waals surface area contributed by atoms with Gasteiger partial charge in [-0.1, -0.05) is 128 Å². The molecule has 0 aliphatic rings. The summed E-state index contributed by atoms with van der Waals surface area (Å²) in [7, 11) is 0. The van der Waals surface area contributed by atoms with E-state index in [4.69, 9.17) is 4.74 Å². The predicted molar refractivity (Wildman–Crippen MR) is 173 cm³/mol. The van der Waals surface area contributed by atoms with Gasteiger partial charge in [0.05, 0.1) is 5.92 Å². The average molecular weight is 565 g/mol. The molecule has 0 aromatic heterocycles. The fraction of sp³-hybridized carbons (Fsp3) is 0.289. The topological polar surface area (TPSA) is 60.4 Å². The summed E-state index contributed by atoms with van der Waals surface area (Å²) in [6.45, 7) is 3.82. The average Bonchev–Trinajstić information content (AvgIpc) is 3.01. The van der Waals surface area contributed by atoms with Gasteiger partial charge >= 0.3 is 11.9 Å². The fourth-order valence-corrected chi connectivity index (χ4v) is 3.93. The summed E-state index contributed by atoms with van der Waals surface area (Å²) < 4.78 is 5.06. The van der Waals surface area contributed by atoms with Crippen LogP contribution in [0.25, 0.3) is 0 Å². The maximum absolute atomic E-state index is 12.7. The Labute approximate surface area is 251 Å². The Kier molecular flexibility index (Phi) is 17.3. The standard InChI is InChI=1S/C38H44O4/c1-3-4-5-6-7-8-9-10-11-12-13-14-15-16-17-18-19-20-24-30-36(39)42-38(41)32(2)34-28-25-29-35(31-34)37(40)33-26-22-21-23-27-33/h4-5,7-8,10-11,13-14,16-17,19-23,25-29,31-32H,3,6,9,12,15,18,24,30H2,1-2H3/b5-4-,8-7-,11-10-,14-13-,17-16-,20-19-. The van der Waals surface area contributed by atoms with E-state index in [-0.39, 0.29) is 12.2 Å². The van der Waals surface area contributed by atoms with Gasteiger partial charge in [-0.05, 0) is 63.5 Å². The molecule has 4 nitrogen and oxygen atoms in total. The lowest BCUT2D eigenvalue weighted by atomic mass is 9.96. The Morgan fingerprint density at radius 3 is 1.69 bits per heavy atom. The lowest BCUT2D eigenvalue weighted by Gasteiger charge is -2.12. The van der Waals surface area contributed by atoms with Gasteiger partial charge in [-0.15, -0.1) is 0 Å². The first-order valence-corrected chi connectivity index (χ1v) is 14.9. The molecule has 0 amide bonds. The molecule has 0 fully saturated rings. The summed E-state index contributed by atoms with van der Waals surface area (Å²) in [6.07, 6.45) is 31.9. The van der Waals surface area contributed by atoms with E-state index in [0.717, 1.165) is 38.5 Å². The Hall–Kier alpha value is -4.31. The predicted octanol–water partition coefficient (Wildman–Crippen LogP) is 9.57. The van der Waals surface area contributed by atoms with E-state index in [9.17, 15) is 14.4 Å². The molecule has 4 heteroatoms. The molecule has 42 heavy (non-hydrogen) atoms. The number of allylic oxidation sites excluding steroid dienone is 12. The lowest BCUT2D eigenvalue weighted by Crippen LogP contribution is -2.18. The zero-order chi connectivity index (χ0) is 30.3. The van der Waals surface area contributed by atoms with Crippen LogP contribution in [-0.4, -0.2) is 17.7 Å². The zero-order valence-electron chi connectivity index (χ0n) is 25.0. The number of carbonyl (C=O) groups excluding carboxylic acids is 3. The lowest BCUT2D eigenvalue weighted by molar-refractivity contribution is -0.160. The van der Waals surface area contributed by atoms with Gasteiger partial charge in [0, 0.05) is 17.5 Å². The molecule has 1 atom stereocenters. The van der Waals surface area contributed by atoms with Crippen LogP contribution in [-0.2, 0) is 14.3 Å². The van der Waals surface area contributed by atoms with Crippen molar-refractivity contribution in [3.63, 3.8) is 0 Å². The molecular formula is C38H44O4. The SMILES string of the molecule is CC/C=C\C/C=C\C/C=C\C/C=C\C/C=C\C/C=C\CCC(=O)OC(=O)C(C)c1cccc(C(=O)c2ccccc2)c1. The number of benzene rings is 2. The van der Waals surface area contributed by atoms with Gasteiger partial charge in [-0.3, -0.25) is 14.4 Å². The van der Waals surface area contributed by atoms with Crippen molar-refractivity contribution in [3.05, 3.63) is 144 Å². The fourth-order valence-electron chi connectivity index (χ4n) is 3.93. The van der Waals surface area contributed by atoms with Crippen LogP contribution in [0.15, 0.2) is 128 Å². The second kappa shape index (κ2) is 21.4. The van der Waals surface area contributed by atoms with E-state index in [2.05, 4.69) is 67.7 Å². The van der Waals surface area contributed by atoms with Gasteiger partial charge in [0.1, 0.15) is 0 Å². The van der Waals surface area contributed by atoms with Crippen LogP contribution in [0.1, 0.15) is 92.6 Å². The molecule has 0 radical (unpaired) electrons. The number of hydrogen-bond acceptors (Lipinski definition) is 4. The highest BCUT2D eigenvalue weighted by atomic mass is 16.6. The molecule has 0 saturated heterocycles. The van der Waals surface area contributed by atoms with Crippen LogP contribution >= 0.6 is 0 Å². The van der Waals surface area contributed by atoms with Gasteiger partial charge < -0.3 is 4.74 Å². The van der Waals surface area contributed by atoms with E-state index >= 15 is 0 Å². The third-order valence-corrected chi connectivity index (χ3v) is 6.36. The zero-order valence-corrected chi connectivity index (χ0v) is 25.0. The molecule has 0 aliphatic carbocycles. The van der Waals surface area contributed by atoms with Crippen molar-refractivity contribution < 1.29 is 19.1 Å². The number of hydrogen-bond donors (Lipinski definition) is 0. The second-order valence-electron chi connectivity index (χ2n) is 9.79. The number of esters is 2. The highest BCUT2D eigenvalue weighted by molar-refractivity contribution is 6.09. The van der Waals surface area contributed by atoms with Crippen LogP contribution in [0.2, 0.25) is 0 Å². The molecule has 0 aliphatic heterocycles. The normalized spacial score (nSPS) is 12.9. The summed E-state index contributed by atoms with van der Waals surface area (Å²) >= 11 is 0. The monoisotopic (exact) mass is 564 g/mol. The molecule has 0 heterocycles. The molecular weight excluding hydrogens is 520 g/mol. The van der Waals surface area contributed by atoms with Crippen molar-refractivity contribution in [3.8, 4) is 0 Å². The molecule has 0 N–H and O–H groups in total. The highest BCUT2D eigenvalue weighted by Gasteiger charge is 2.21. The van der Waals surface area contributed by atoms with E-state index in [1.807, 2.05) is 30.4 Å². The van der Waals surface area contributed by atoms with Crippen molar-refractivity contribution in [1.82, 2.24) is 0 Å². The number of carbonyl (C=O) groups is 3. The highest BCUT2D eigenvalue weighted by Crippen LogP contribution is 2.20. The molecule has 0 saturated carbocycles. The van der Waals surface area contributed by atoms with Crippen LogP contribution in [0.3, 0.4) is 0 Å². The third kappa shape index (κ3) is 14.4. The summed E-state index contributed by atoms with van der Waals surface area (Å²) in [5.74, 6) is -1.95. The molecule has 1 unspecified atom stereocenters. The maximum atomic E-state index is 12.7. The molecule has 2 rings (SSSR count). The summed E-state index contributed by atoms with van der Waals surface area (Å²) in [6, 6.07) is 15.9. The summed E-state index contributed by atoms with van der Waals surface area (Å²) in [4.78, 5) is 37.4. The van der Waals surface area contributed by atoms with Crippen LogP contribution in [0.5, 0.6) is 0 Å². The van der Waals surface area contributed by atoms with Crippen molar-refractivity contribution in [2.24, 2.45) is 0 Å². The van der Waals surface area contributed by atoms with E-state index in [0.29, 0.717) is 23.1 Å². The van der Waals surface area contributed by atoms with Crippen LogP contribution in [0, 0.1) is 0 Å². The van der Waals surface area contributed by atoms with Crippen LogP contribution in [0.4, 0.5) is 0 Å². The molecule has 0 spiro atoms. The first kappa shape index (κ1) is 33.9. The molecule has 2 aromatic carbocycles. The third-order valence-electron chi connectivity index (χ3n) is 6.36. The Morgan fingerprint density at radius 2 is 1.14 bits per heavy atom. The van der Waals surface area contributed by atoms with Crippen LogP contribution < -0.4 is 0 Å². The van der Waals surface area contributed by atoms with Gasteiger partial charge in [0.2, 0.25) is 0 Å². The first-order chi connectivity index (χ1) is 20.5. The molecule has 2 aromatic rings. The minimum atomic E-state index is -0.664. The van der Waals surface area contributed by atoms with Gasteiger partial charge in [0.25, 0.3) is 0 Å². The molecule has 220 valence electrons. The van der Waals surface area contributed by atoms with Crippen molar-refractivity contribution in [1.29, 1.82) is 0 Å². The van der Waals surface area contributed by atoms with Crippen molar-refractivity contribution >= 4 is 17.7 Å². The summed E-state index contributed by atoms with van der Waals surface area (Å²) in [5, 5.41) is 0. The first-order valence-electron chi connectivity index (χ1n) is 14.9.